The third-order valence-electron chi connectivity index (χ3n) is 6.72. The van der Waals surface area contributed by atoms with Crippen LogP contribution in [0.3, 0.4) is 0 Å². The molecule has 1 fully saturated rings. The highest BCUT2D eigenvalue weighted by molar-refractivity contribution is 6.05. The number of rotatable bonds is 6. The smallest absolute Gasteiger partial charge is 0.261 e. The van der Waals surface area contributed by atoms with Gasteiger partial charge in [-0.05, 0) is 43.2 Å². The Morgan fingerprint density at radius 1 is 0.917 bits per heavy atom. The first-order valence-electron chi connectivity index (χ1n) is 12.1. The zero-order valence-corrected chi connectivity index (χ0v) is 20.4. The molecule has 3 aromatic carbocycles. The summed E-state index contributed by atoms with van der Waals surface area (Å²) in [5.74, 6) is -0.285. The predicted octanol–water partition coefficient (Wildman–Crippen LogP) is 5.59. The van der Waals surface area contributed by atoms with Gasteiger partial charge >= 0.3 is 0 Å². The maximum absolute atomic E-state index is 15.1. The molecule has 36 heavy (non-hydrogen) atoms. The van der Waals surface area contributed by atoms with E-state index in [1.54, 1.807) is 26.0 Å². The van der Waals surface area contributed by atoms with Crippen molar-refractivity contribution in [2.45, 2.75) is 19.9 Å². The van der Waals surface area contributed by atoms with Crippen LogP contribution in [0.5, 0.6) is 0 Å². The van der Waals surface area contributed by atoms with Gasteiger partial charge in [0.2, 0.25) is 0 Å². The van der Waals surface area contributed by atoms with E-state index in [2.05, 4.69) is 68.8 Å². The molecule has 2 heterocycles. The summed E-state index contributed by atoms with van der Waals surface area (Å²) in [7, 11) is 0. The molecule has 5 rings (SSSR count). The minimum absolute atomic E-state index is 0.154. The van der Waals surface area contributed by atoms with Crippen molar-refractivity contribution in [3.8, 4) is 0 Å². The molecule has 1 aromatic heterocycles. The average Bonchev–Trinajstić information content (AvgIpc) is 3.24. The molecule has 1 aliphatic heterocycles. The molecule has 6 nitrogen and oxygen atoms in total. The Hall–Kier alpha value is -3.97. The highest BCUT2D eigenvalue weighted by Crippen LogP contribution is 2.31. The lowest BCUT2D eigenvalue weighted by Crippen LogP contribution is -2.48. The summed E-state index contributed by atoms with van der Waals surface area (Å²) >= 11 is 0. The van der Waals surface area contributed by atoms with Crippen LogP contribution in [-0.2, 0) is 0 Å². The highest BCUT2D eigenvalue weighted by atomic mass is 19.1. The van der Waals surface area contributed by atoms with E-state index in [4.69, 9.17) is 4.52 Å². The van der Waals surface area contributed by atoms with Gasteiger partial charge in [-0.2, -0.15) is 0 Å². The van der Waals surface area contributed by atoms with Crippen LogP contribution < -0.4 is 10.2 Å². The Bertz CT molecular complexity index is 1270. The summed E-state index contributed by atoms with van der Waals surface area (Å²) < 4.78 is 20.2. The lowest BCUT2D eigenvalue weighted by atomic mass is 9.96. The summed E-state index contributed by atoms with van der Waals surface area (Å²) in [5, 5.41) is 6.56. The number of nitrogens with zero attached hydrogens (tertiary/aromatic N) is 3. The Morgan fingerprint density at radius 3 is 2.06 bits per heavy atom. The second-order valence-corrected chi connectivity index (χ2v) is 9.07. The molecule has 0 radical (unpaired) electrons. The number of aryl methyl sites for hydroxylation is 2. The van der Waals surface area contributed by atoms with Gasteiger partial charge in [0.25, 0.3) is 5.91 Å². The molecule has 0 atom stereocenters. The lowest BCUT2D eigenvalue weighted by Gasteiger charge is -2.40. The van der Waals surface area contributed by atoms with Gasteiger partial charge in [0.1, 0.15) is 17.1 Å². The maximum atomic E-state index is 15.1. The molecule has 1 amide bonds. The molecule has 7 heteroatoms. The van der Waals surface area contributed by atoms with Crippen molar-refractivity contribution >= 4 is 17.3 Å². The van der Waals surface area contributed by atoms with E-state index < -0.39 is 0 Å². The van der Waals surface area contributed by atoms with Crippen molar-refractivity contribution in [2.75, 3.05) is 36.4 Å². The second-order valence-electron chi connectivity index (χ2n) is 9.07. The summed E-state index contributed by atoms with van der Waals surface area (Å²) in [6.07, 6.45) is 0. The molecule has 0 spiro atoms. The zero-order chi connectivity index (χ0) is 25.1. The van der Waals surface area contributed by atoms with Crippen LogP contribution in [-0.4, -0.2) is 42.1 Å². The molecule has 1 N–H and O–H groups in total. The third-order valence-corrected chi connectivity index (χ3v) is 6.72. The van der Waals surface area contributed by atoms with Crippen LogP contribution in [0.4, 0.5) is 15.8 Å². The number of anilines is 2. The Morgan fingerprint density at radius 2 is 1.53 bits per heavy atom. The van der Waals surface area contributed by atoms with E-state index >= 15 is 4.39 Å². The lowest BCUT2D eigenvalue weighted by molar-refractivity contribution is 0.102. The average molecular weight is 485 g/mol. The van der Waals surface area contributed by atoms with Crippen molar-refractivity contribution < 1.29 is 13.7 Å². The van der Waals surface area contributed by atoms with Crippen LogP contribution in [0, 0.1) is 19.7 Å². The number of carbonyl (C=O) groups excluding carboxylic acids is 1. The number of nitrogens with one attached hydrogen (secondary N) is 1. The minimum atomic E-state index is -0.361. The number of piperazine rings is 1. The van der Waals surface area contributed by atoms with Gasteiger partial charge in [-0.1, -0.05) is 65.8 Å². The third kappa shape index (κ3) is 4.88. The number of benzene rings is 3. The van der Waals surface area contributed by atoms with Gasteiger partial charge in [0, 0.05) is 31.9 Å². The van der Waals surface area contributed by atoms with Gasteiger partial charge in [-0.25, -0.2) is 4.39 Å². The fraction of sp³-hybridized carbons (Fsp3) is 0.241. The van der Waals surface area contributed by atoms with Gasteiger partial charge in [0.05, 0.1) is 17.4 Å². The zero-order valence-electron chi connectivity index (χ0n) is 20.4. The molecule has 0 unspecified atom stereocenters. The van der Waals surface area contributed by atoms with Gasteiger partial charge in [-0.15, -0.1) is 0 Å². The van der Waals surface area contributed by atoms with Gasteiger partial charge < -0.3 is 14.7 Å². The first-order chi connectivity index (χ1) is 17.5. The van der Waals surface area contributed by atoms with Crippen LogP contribution in [0.15, 0.2) is 83.4 Å². The van der Waals surface area contributed by atoms with Crippen molar-refractivity contribution in [2.24, 2.45) is 0 Å². The summed E-state index contributed by atoms with van der Waals surface area (Å²) in [5.41, 5.74) is 4.32. The molecule has 1 saturated heterocycles. The number of aromatic nitrogens is 1. The van der Waals surface area contributed by atoms with Gasteiger partial charge in [0.15, 0.2) is 0 Å². The Balaban J connectivity index is 1.28. The van der Waals surface area contributed by atoms with Crippen LogP contribution in [0.1, 0.15) is 39.0 Å². The Kier molecular flexibility index (Phi) is 6.82. The quantitative estimate of drug-likeness (QED) is 0.386. The molecule has 0 bridgehead atoms. The monoisotopic (exact) mass is 484 g/mol. The van der Waals surface area contributed by atoms with E-state index in [-0.39, 0.29) is 17.8 Å². The van der Waals surface area contributed by atoms with Gasteiger partial charge in [-0.3, -0.25) is 9.69 Å². The highest BCUT2D eigenvalue weighted by Gasteiger charge is 2.27. The standard InChI is InChI=1S/C29H29FN4O2/c1-20-27(21(2)36-32-20)29(35)31-24-13-14-26(25(30)19-24)33-15-17-34(18-16-33)28(22-9-5-3-6-10-22)23-11-7-4-8-12-23/h3-14,19,28H,15-18H2,1-2H3,(H,31,35). The fourth-order valence-corrected chi connectivity index (χ4v) is 4.95. The summed E-state index contributed by atoms with van der Waals surface area (Å²) in [6.45, 7) is 6.40. The Labute approximate surface area is 210 Å². The van der Waals surface area contributed by atoms with E-state index in [0.717, 1.165) is 13.1 Å². The topological polar surface area (TPSA) is 61.6 Å². The van der Waals surface area contributed by atoms with E-state index in [1.807, 2.05) is 12.1 Å². The number of hydrogen-bond acceptors (Lipinski definition) is 5. The molecule has 1 aliphatic rings. The van der Waals surface area contributed by atoms with Crippen LogP contribution in [0.2, 0.25) is 0 Å². The first kappa shape index (κ1) is 23.8. The molecular weight excluding hydrogens is 455 g/mol. The van der Waals surface area contributed by atoms with Crippen molar-refractivity contribution in [1.29, 1.82) is 0 Å². The minimum Gasteiger partial charge on any atom is -0.367 e. The number of carbonyl (C=O) groups is 1. The normalized spacial score (nSPS) is 14.3. The fourth-order valence-electron chi connectivity index (χ4n) is 4.95. The molecule has 4 aromatic rings. The molecule has 184 valence electrons. The molecular formula is C29H29FN4O2. The van der Waals surface area contributed by atoms with Crippen molar-refractivity contribution in [3.05, 3.63) is 113 Å². The van der Waals surface area contributed by atoms with E-state index in [1.165, 1.54) is 17.2 Å². The molecule has 0 saturated carbocycles. The number of halogens is 1. The van der Waals surface area contributed by atoms with Crippen molar-refractivity contribution in [3.63, 3.8) is 0 Å². The largest absolute Gasteiger partial charge is 0.367 e. The second kappa shape index (κ2) is 10.3. The molecule has 0 aliphatic carbocycles. The van der Waals surface area contributed by atoms with E-state index in [9.17, 15) is 4.79 Å². The van der Waals surface area contributed by atoms with Crippen molar-refractivity contribution in [1.82, 2.24) is 10.1 Å². The number of hydrogen-bond donors (Lipinski definition) is 1. The van der Waals surface area contributed by atoms with Crippen LogP contribution in [0.25, 0.3) is 0 Å². The SMILES string of the molecule is Cc1noc(C)c1C(=O)Nc1ccc(N2CCN(C(c3ccccc3)c3ccccc3)CC2)c(F)c1. The first-order valence-corrected chi connectivity index (χ1v) is 12.1. The summed E-state index contributed by atoms with van der Waals surface area (Å²) in [6, 6.07) is 26.0. The van der Waals surface area contributed by atoms with Crippen LogP contribution >= 0.6 is 0 Å². The predicted molar refractivity (Wildman–Crippen MR) is 139 cm³/mol. The number of amides is 1. The maximum Gasteiger partial charge on any atom is 0.261 e. The summed E-state index contributed by atoms with van der Waals surface area (Å²) in [4.78, 5) is 17.1. The van der Waals surface area contributed by atoms with E-state index in [0.29, 0.717) is 41.5 Å².